The number of hydrogen-bond acceptors (Lipinski definition) is 5. The number of hydrogen-bond donors (Lipinski definition) is 2. The molecule has 0 bridgehead atoms. The Bertz CT molecular complexity index is 356. The highest BCUT2D eigenvalue weighted by molar-refractivity contribution is 5.45. The molecule has 3 N–H and O–H groups in total. The third-order valence-corrected chi connectivity index (χ3v) is 2.94. The molecule has 0 aliphatic carbocycles. The molecule has 0 fully saturated rings. The lowest BCUT2D eigenvalue weighted by molar-refractivity contribution is 0.178. The van der Waals surface area contributed by atoms with Crippen LogP contribution in [0, 0.1) is 5.92 Å². The van der Waals surface area contributed by atoms with Crippen LogP contribution in [0.3, 0.4) is 0 Å². The predicted molar refractivity (Wildman–Crippen MR) is 69.7 cm³/mol. The minimum Gasteiger partial charge on any atom is -0.384 e. The molecule has 0 aliphatic heterocycles. The second kappa shape index (κ2) is 6.39. The largest absolute Gasteiger partial charge is 0.384 e. The molecule has 0 radical (unpaired) electrons. The van der Waals surface area contributed by atoms with Crippen molar-refractivity contribution in [2.24, 2.45) is 5.92 Å². The summed E-state index contributed by atoms with van der Waals surface area (Å²) in [5.74, 6) is 2.41. The van der Waals surface area contributed by atoms with Crippen molar-refractivity contribution < 1.29 is 4.74 Å². The summed E-state index contributed by atoms with van der Waals surface area (Å²) in [6.07, 6.45) is 1.12. The topological polar surface area (TPSA) is 73.1 Å². The number of methoxy groups -OCH3 is 1. The zero-order valence-electron chi connectivity index (χ0n) is 11.0. The summed E-state index contributed by atoms with van der Waals surface area (Å²) >= 11 is 0. The monoisotopic (exact) mass is 238 g/mol. The number of nitrogens with two attached hydrogens (primary N) is 1. The van der Waals surface area contributed by atoms with E-state index in [0.717, 1.165) is 12.2 Å². The zero-order valence-corrected chi connectivity index (χ0v) is 11.0. The Labute approximate surface area is 103 Å². The lowest BCUT2D eigenvalue weighted by Gasteiger charge is -2.20. The molecule has 1 aromatic heterocycles. The van der Waals surface area contributed by atoms with Crippen molar-refractivity contribution in [2.75, 3.05) is 18.2 Å². The highest BCUT2D eigenvalue weighted by Gasteiger charge is 2.11. The second-order valence-corrected chi connectivity index (χ2v) is 4.35. The fraction of sp³-hybridized carbons (Fsp3) is 0.667. The Morgan fingerprint density at radius 1 is 1.41 bits per heavy atom. The molecular formula is C12H22N4O. The summed E-state index contributed by atoms with van der Waals surface area (Å²) in [6.45, 7) is 6.89. The molecule has 2 unspecified atom stereocenters. The van der Waals surface area contributed by atoms with Crippen molar-refractivity contribution in [3.05, 3.63) is 11.9 Å². The Morgan fingerprint density at radius 3 is 2.71 bits per heavy atom. The van der Waals surface area contributed by atoms with E-state index in [1.165, 1.54) is 0 Å². The van der Waals surface area contributed by atoms with Gasteiger partial charge in [-0.3, -0.25) is 0 Å². The molecule has 2 atom stereocenters. The second-order valence-electron chi connectivity index (χ2n) is 4.35. The van der Waals surface area contributed by atoms with Crippen LogP contribution in [-0.2, 0) is 11.3 Å². The molecule has 0 amide bonds. The molecule has 0 saturated heterocycles. The summed E-state index contributed by atoms with van der Waals surface area (Å²) in [5, 5.41) is 3.35. The molecule has 5 nitrogen and oxygen atoms in total. The predicted octanol–water partition coefficient (Wildman–Crippen LogP) is 2.05. The van der Waals surface area contributed by atoms with Crippen LogP contribution in [0.4, 0.5) is 11.6 Å². The third kappa shape index (κ3) is 4.19. The van der Waals surface area contributed by atoms with Crippen molar-refractivity contribution in [3.8, 4) is 0 Å². The Morgan fingerprint density at radius 2 is 2.12 bits per heavy atom. The van der Waals surface area contributed by atoms with Gasteiger partial charge < -0.3 is 15.8 Å². The highest BCUT2D eigenvalue weighted by atomic mass is 16.5. The summed E-state index contributed by atoms with van der Waals surface area (Å²) < 4.78 is 5.00. The first kappa shape index (κ1) is 13.7. The molecule has 1 heterocycles. The number of anilines is 2. The zero-order chi connectivity index (χ0) is 12.8. The third-order valence-electron chi connectivity index (χ3n) is 2.94. The van der Waals surface area contributed by atoms with Crippen LogP contribution < -0.4 is 11.1 Å². The molecule has 1 aromatic rings. The molecule has 0 aromatic carbocycles. The van der Waals surface area contributed by atoms with Crippen LogP contribution in [0.25, 0.3) is 0 Å². The standard InChI is InChI=1S/C12H22N4O/c1-5-8(2)9(3)14-11-6-10(13)15-12(16-11)7-17-4/h6,8-9H,5,7H2,1-4H3,(H3,13,14,15,16). The maximum atomic E-state index is 5.73. The van der Waals surface area contributed by atoms with Gasteiger partial charge in [-0.1, -0.05) is 20.3 Å². The van der Waals surface area contributed by atoms with Gasteiger partial charge in [0, 0.05) is 19.2 Å². The van der Waals surface area contributed by atoms with E-state index in [1.54, 1.807) is 13.2 Å². The van der Waals surface area contributed by atoms with Gasteiger partial charge in [0.2, 0.25) is 0 Å². The van der Waals surface area contributed by atoms with Gasteiger partial charge in [-0.05, 0) is 12.8 Å². The normalized spacial score (nSPS) is 14.4. The van der Waals surface area contributed by atoms with Crippen LogP contribution in [0.1, 0.15) is 33.0 Å². The average molecular weight is 238 g/mol. The number of rotatable bonds is 6. The number of ether oxygens (including phenoxy) is 1. The molecular weight excluding hydrogens is 216 g/mol. The Hall–Kier alpha value is -1.36. The van der Waals surface area contributed by atoms with Crippen LogP contribution in [0.2, 0.25) is 0 Å². The van der Waals surface area contributed by atoms with Crippen LogP contribution >= 0.6 is 0 Å². The Balaban J connectivity index is 2.76. The minimum atomic E-state index is 0.352. The SMILES string of the molecule is CCC(C)C(C)Nc1cc(N)nc(COC)n1. The van der Waals surface area contributed by atoms with Gasteiger partial charge in [-0.2, -0.15) is 0 Å². The molecule has 0 aliphatic rings. The maximum absolute atomic E-state index is 5.73. The lowest BCUT2D eigenvalue weighted by Crippen LogP contribution is -2.24. The van der Waals surface area contributed by atoms with Crippen molar-refractivity contribution in [3.63, 3.8) is 0 Å². The summed E-state index contributed by atoms with van der Waals surface area (Å²) in [4.78, 5) is 8.45. The van der Waals surface area contributed by atoms with Crippen molar-refractivity contribution in [1.82, 2.24) is 9.97 Å². The fourth-order valence-corrected chi connectivity index (χ4v) is 1.51. The quantitative estimate of drug-likeness (QED) is 0.793. The van der Waals surface area contributed by atoms with Crippen molar-refractivity contribution in [2.45, 2.75) is 39.8 Å². The molecule has 0 spiro atoms. The van der Waals surface area contributed by atoms with E-state index >= 15 is 0 Å². The van der Waals surface area contributed by atoms with Gasteiger partial charge in [-0.25, -0.2) is 9.97 Å². The van der Waals surface area contributed by atoms with Crippen LogP contribution in [-0.4, -0.2) is 23.1 Å². The van der Waals surface area contributed by atoms with E-state index in [4.69, 9.17) is 10.5 Å². The summed E-state index contributed by atoms with van der Waals surface area (Å²) in [7, 11) is 1.61. The first-order valence-electron chi connectivity index (χ1n) is 5.95. The number of nitrogens with one attached hydrogen (secondary N) is 1. The van der Waals surface area contributed by atoms with Gasteiger partial charge >= 0.3 is 0 Å². The summed E-state index contributed by atoms with van der Waals surface area (Å²) in [6, 6.07) is 2.10. The minimum absolute atomic E-state index is 0.352. The van der Waals surface area contributed by atoms with Crippen LogP contribution in [0.5, 0.6) is 0 Å². The number of nitrogens with zero attached hydrogens (tertiary/aromatic N) is 2. The van der Waals surface area contributed by atoms with Gasteiger partial charge in [0.25, 0.3) is 0 Å². The van der Waals surface area contributed by atoms with Gasteiger partial charge in [0.05, 0.1) is 0 Å². The van der Waals surface area contributed by atoms with E-state index in [1.807, 2.05) is 0 Å². The molecule has 1 rings (SSSR count). The maximum Gasteiger partial charge on any atom is 0.158 e. The van der Waals surface area contributed by atoms with Crippen LogP contribution in [0.15, 0.2) is 6.07 Å². The molecule has 96 valence electrons. The van der Waals surface area contributed by atoms with E-state index in [9.17, 15) is 0 Å². The van der Waals surface area contributed by atoms with E-state index in [2.05, 4.69) is 36.1 Å². The van der Waals surface area contributed by atoms with Gasteiger partial charge in [-0.15, -0.1) is 0 Å². The lowest BCUT2D eigenvalue weighted by atomic mass is 10.0. The molecule has 0 saturated carbocycles. The van der Waals surface area contributed by atoms with Crippen molar-refractivity contribution >= 4 is 11.6 Å². The first-order chi connectivity index (χ1) is 8.06. The number of aromatic nitrogens is 2. The van der Waals surface area contributed by atoms with Gasteiger partial charge in [0.15, 0.2) is 5.82 Å². The highest BCUT2D eigenvalue weighted by Crippen LogP contribution is 2.15. The number of nitrogen functional groups attached to an aromatic ring is 1. The summed E-state index contributed by atoms with van der Waals surface area (Å²) in [5.41, 5.74) is 5.73. The van der Waals surface area contributed by atoms with E-state index in [0.29, 0.717) is 30.2 Å². The first-order valence-corrected chi connectivity index (χ1v) is 5.95. The molecule has 17 heavy (non-hydrogen) atoms. The molecule has 5 heteroatoms. The van der Waals surface area contributed by atoms with Gasteiger partial charge in [0.1, 0.15) is 18.2 Å². The van der Waals surface area contributed by atoms with Crippen molar-refractivity contribution in [1.29, 1.82) is 0 Å². The smallest absolute Gasteiger partial charge is 0.158 e. The van der Waals surface area contributed by atoms with E-state index in [-0.39, 0.29) is 0 Å². The fourth-order valence-electron chi connectivity index (χ4n) is 1.51. The average Bonchev–Trinajstić information content (AvgIpc) is 2.27. The Kier molecular flexibility index (Phi) is 5.15. The van der Waals surface area contributed by atoms with E-state index < -0.39 is 0 Å².